The van der Waals surface area contributed by atoms with Gasteiger partial charge in [-0.05, 0) is 37.5 Å². The molecule has 1 aliphatic rings. The highest BCUT2D eigenvalue weighted by Crippen LogP contribution is 2.23. The van der Waals surface area contributed by atoms with Gasteiger partial charge in [0.05, 0.1) is 0 Å². The van der Waals surface area contributed by atoms with Crippen molar-refractivity contribution >= 4 is 5.69 Å². The van der Waals surface area contributed by atoms with Crippen molar-refractivity contribution in [1.82, 2.24) is 0 Å². The molecule has 0 bridgehead atoms. The Morgan fingerprint density at radius 3 is 2.75 bits per heavy atom. The van der Waals surface area contributed by atoms with E-state index in [1.807, 2.05) is 6.07 Å². The second kappa shape index (κ2) is 3.13. The monoisotopic (exact) mass is 165 g/mol. The van der Waals surface area contributed by atoms with Gasteiger partial charge in [-0.25, -0.2) is 4.39 Å². The van der Waals surface area contributed by atoms with E-state index >= 15 is 0 Å². The van der Waals surface area contributed by atoms with E-state index in [4.69, 9.17) is 0 Å². The fraction of sp³-hybridized carbons (Fsp3) is 0.400. The third-order valence-electron chi connectivity index (χ3n) is 2.30. The van der Waals surface area contributed by atoms with Gasteiger partial charge in [-0.1, -0.05) is 6.07 Å². The summed E-state index contributed by atoms with van der Waals surface area (Å²) in [5, 5.41) is 3.28. The summed E-state index contributed by atoms with van der Waals surface area (Å²) in [6.45, 7) is 0. The molecule has 0 atom stereocenters. The summed E-state index contributed by atoms with van der Waals surface area (Å²) >= 11 is 0. The molecule has 12 heavy (non-hydrogen) atoms. The van der Waals surface area contributed by atoms with Crippen molar-refractivity contribution in [3.63, 3.8) is 0 Å². The lowest BCUT2D eigenvalue weighted by atomic mass is 9.93. The van der Waals surface area contributed by atoms with Crippen LogP contribution in [-0.2, 0) is 0 Å². The van der Waals surface area contributed by atoms with Crippen LogP contribution in [0, 0.1) is 5.82 Å². The highest BCUT2D eigenvalue weighted by molar-refractivity contribution is 5.44. The lowest BCUT2D eigenvalue weighted by Crippen LogP contribution is -2.26. The van der Waals surface area contributed by atoms with Crippen molar-refractivity contribution in [3.8, 4) is 0 Å². The van der Waals surface area contributed by atoms with E-state index in [1.54, 1.807) is 12.1 Å². The Bertz CT molecular complexity index is 268. The predicted molar refractivity (Wildman–Crippen MR) is 47.7 cm³/mol. The highest BCUT2D eigenvalue weighted by atomic mass is 19.1. The van der Waals surface area contributed by atoms with E-state index < -0.39 is 0 Å². The molecule has 0 heterocycles. The van der Waals surface area contributed by atoms with Crippen LogP contribution < -0.4 is 5.32 Å². The van der Waals surface area contributed by atoms with Crippen LogP contribution in [0.15, 0.2) is 24.3 Å². The minimum absolute atomic E-state index is 0.167. The van der Waals surface area contributed by atoms with Gasteiger partial charge in [0, 0.05) is 11.7 Å². The van der Waals surface area contributed by atoms with Crippen LogP contribution >= 0.6 is 0 Å². The van der Waals surface area contributed by atoms with Gasteiger partial charge in [0.1, 0.15) is 5.82 Å². The SMILES string of the molecule is Fc1cccc(NC2CCC2)c1. The molecule has 0 aromatic heterocycles. The van der Waals surface area contributed by atoms with Gasteiger partial charge in [0.15, 0.2) is 0 Å². The highest BCUT2D eigenvalue weighted by Gasteiger charge is 2.16. The largest absolute Gasteiger partial charge is 0.382 e. The number of anilines is 1. The minimum atomic E-state index is -0.167. The number of hydrogen-bond donors (Lipinski definition) is 1. The Morgan fingerprint density at radius 2 is 2.17 bits per heavy atom. The van der Waals surface area contributed by atoms with E-state index in [2.05, 4.69) is 5.32 Å². The minimum Gasteiger partial charge on any atom is -0.382 e. The predicted octanol–water partition coefficient (Wildman–Crippen LogP) is 2.79. The molecule has 1 fully saturated rings. The average Bonchev–Trinajstić information content (AvgIpc) is 1.97. The quantitative estimate of drug-likeness (QED) is 0.710. The van der Waals surface area contributed by atoms with Gasteiger partial charge in [0.25, 0.3) is 0 Å². The van der Waals surface area contributed by atoms with Crippen molar-refractivity contribution in [1.29, 1.82) is 0 Å². The molecule has 1 aromatic carbocycles. The molecule has 0 amide bonds. The number of nitrogens with one attached hydrogen (secondary N) is 1. The standard InChI is InChI=1S/C10H12FN/c11-8-3-1-6-10(7-8)12-9-4-2-5-9/h1,3,6-7,9,12H,2,4-5H2. The van der Waals surface area contributed by atoms with Crippen LogP contribution in [0.5, 0.6) is 0 Å². The van der Waals surface area contributed by atoms with Crippen LogP contribution in [0.1, 0.15) is 19.3 Å². The lowest BCUT2D eigenvalue weighted by Gasteiger charge is -2.27. The second-order valence-corrected chi connectivity index (χ2v) is 3.28. The molecule has 64 valence electrons. The fourth-order valence-corrected chi connectivity index (χ4v) is 1.37. The molecular weight excluding hydrogens is 153 g/mol. The molecular formula is C10H12FN. The third-order valence-corrected chi connectivity index (χ3v) is 2.30. The Kier molecular flexibility index (Phi) is 1.98. The normalized spacial score (nSPS) is 17.1. The summed E-state index contributed by atoms with van der Waals surface area (Å²) in [6.07, 6.45) is 3.74. The van der Waals surface area contributed by atoms with Crippen LogP contribution in [0.25, 0.3) is 0 Å². The second-order valence-electron chi connectivity index (χ2n) is 3.28. The van der Waals surface area contributed by atoms with E-state index in [-0.39, 0.29) is 5.82 Å². The van der Waals surface area contributed by atoms with Crippen LogP contribution in [0.3, 0.4) is 0 Å². The number of halogens is 1. The van der Waals surface area contributed by atoms with Gasteiger partial charge in [-0.2, -0.15) is 0 Å². The Hall–Kier alpha value is -1.05. The molecule has 0 unspecified atom stereocenters. The smallest absolute Gasteiger partial charge is 0.125 e. The van der Waals surface area contributed by atoms with Gasteiger partial charge >= 0.3 is 0 Å². The summed E-state index contributed by atoms with van der Waals surface area (Å²) < 4.78 is 12.7. The molecule has 2 rings (SSSR count). The molecule has 1 aromatic rings. The third kappa shape index (κ3) is 1.58. The molecule has 0 spiro atoms. The maximum atomic E-state index is 12.7. The van der Waals surface area contributed by atoms with E-state index in [0.29, 0.717) is 6.04 Å². The molecule has 0 aliphatic heterocycles. The number of hydrogen-bond acceptors (Lipinski definition) is 1. The summed E-state index contributed by atoms with van der Waals surface area (Å²) in [4.78, 5) is 0. The zero-order valence-electron chi connectivity index (χ0n) is 6.89. The van der Waals surface area contributed by atoms with Gasteiger partial charge < -0.3 is 5.32 Å². The van der Waals surface area contributed by atoms with Crippen molar-refractivity contribution in [2.75, 3.05) is 5.32 Å². The molecule has 2 heteroatoms. The first-order valence-corrected chi connectivity index (χ1v) is 4.37. The molecule has 0 radical (unpaired) electrons. The first-order chi connectivity index (χ1) is 5.84. The topological polar surface area (TPSA) is 12.0 Å². The van der Waals surface area contributed by atoms with Gasteiger partial charge in [-0.15, -0.1) is 0 Å². The summed E-state index contributed by atoms with van der Waals surface area (Å²) in [6, 6.07) is 7.22. The molecule has 1 saturated carbocycles. The molecule has 0 saturated heterocycles. The Morgan fingerprint density at radius 1 is 1.33 bits per heavy atom. The summed E-state index contributed by atoms with van der Waals surface area (Å²) in [7, 11) is 0. The van der Waals surface area contributed by atoms with Crippen molar-refractivity contribution < 1.29 is 4.39 Å². The number of benzene rings is 1. The van der Waals surface area contributed by atoms with E-state index in [1.165, 1.54) is 25.3 Å². The molecule has 1 nitrogen and oxygen atoms in total. The first-order valence-electron chi connectivity index (χ1n) is 4.37. The summed E-state index contributed by atoms with van der Waals surface area (Å²) in [5.41, 5.74) is 0.903. The van der Waals surface area contributed by atoms with Gasteiger partial charge in [-0.3, -0.25) is 0 Å². The van der Waals surface area contributed by atoms with Gasteiger partial charge in [0.2, 0.25) is 0 Å². The van der Waals surface area contributed by atoms with Crippen LogP contribution in [0.2, 0.25) is 0 Å². The molecule has 1 aliphatic carbocycles. The fourth-order valence-electron chi connectivity index (χ4n) is 1.37. The maximum Gasteiger partial charge on any atom is 0.125 e. The number of rotatable bonds is 2. The molecule has 1 N–H and O–H groups in total. The van der Waals surface area contributed by atoms with Crippen molar-refractivity contribution in [3.05, 3.63) is 30.1 Å². The first kappa shape index (κ1) is 7.59. The van der Waals surface area contributed by atoms with E-state index in [9.17, 15) is 4.39 Å². The van der Waals surface area contributed by atoms with Crippen molar-refractivity contribution in [2.24, 2.45) is 0 Å². The summed E-state index contributed by atoms with van der Waals surface area (Å²) in [5.74, 6) is -0.167. The van der Waals surface area contributed by atoms with Crippen LogP contribution in [-0.4, -0.2) is 6.04 Å². The Labute approximate surface area is 71.6 Å². The maximum absolute atomic E-state index is 12.7. The average molecular weight is 165 g/mol. The zero-order chi connectivity index (χ0) is 8.39. The van der Waals surface area contributed by atoms with E-state index in [0.717, 1.165) is 5.69 Å². The zero-order valence-corrected chi connectivity index (χ0v) is 6.89. The van der Waals surface area contributed by atoms with Crippen molar-refractivity contribution in [2.45, 2.75) is 25.3 Å². The Balaban J connectivity index is 2.02. The van der Waals surface area contributed by atoms with Crippen LogP contribution in [0.4, 0.5) is 10.1 Å². The lowest BCUT2D eigenvalue weighted by molar-refractivity contribution is 0.445.